The fraction of sp³-hybridized carbons (Fsp3) is 0.231. The maximum atomic E-state index is 5.21. The van der Waals surface area contributed by atoms with Gasteiger partial charge in [-0.2, -0.15) is 0 Å². The van der Waals surface area contributed by atoms with Gasteiger partial charge in [0.15, 0.2) is 0 Å². The number of hydrogen-bond donors (Lipinski definition) is 0. The van der Waals surface area contributed by atoms with E-state index in [0.29, 0.717) is 0 Å². The molecule has 0 spiro atoms. The van der Waals surface area contributed by atoms with Crippen LogP contribution in [0.2, 0.25) is 0 Å². The summed E-state index contributed by atoms with van der Waals surface area (Å²) in [5, 5.41) is 0. The summed E-state index contributed by atoms with van der Waals surface area (Å²) in [7, 11) is 1.66. The smallest absolute Gasteiger partial charge is 0.130 e. The van der Waals surface area contributed by atoms with Gasteiger partial charge in [-0.05, 0) is 34.1 Å². The Bertz CT molecular complexity index is 529. The highest BCUT2D eigenvalue weighted by molar-refractivity contribution is 9.10. The third-order valence-electron chi connectivity index (χ3n) is 2.42. The van der Waals surface area contributed by atoms with Crippen molar-refractivity contribution in [2.24, 2.45) is 0 Å². The van der Waals surface area contributed by atoms with Crippen molar-refractivity contribution in [1.29, 1.82) is 0 Å². The van der Waals surface area contributed by atoms with E-state index in [0.717, 1.165) is 33.9 Å². The molecule has 0 saturated heterocycles. The highest BCUT2D eigenvalue weighted by atomic mass is 79.9. The fourth-order valence-electron chi connectivity index (χ4n) is 1.55. The molecule has 17 heavy (non-hydrogen) atoms. The van der Waals surface area contributed by atoms with Gasteiger partial charge in [0, 0.05) is 12.0 Å². The number of benzene rings is 1. The second-order valence-corrected chi connectivity index (χ2v) is 4.39. The summed E-state index contributed by atoms with van der Waals surface area (Å²) < 4.78 is 6.02. The van der Waals surface area contributed by atoms with E-state index in [2.05, 4.69) is 25.9 Å². The van der Waals surface area contributed by atoms with Crippen LogP contribution < -0.4 is 4.74 Å². The van der Waals surface area contributed by atoms with Gasteiger partial charge in [0.05, 0.1) is 12.8 Å². The molecule has 2 aromatic rings. The van der Waals surface area contributed by atoms with Gasteiger partial charge in [0.25, 0.3) is 0 Å². The van der Waals surface area contributed by atoms with Crippen LogP contribution >= 0.6 is 15.9 Å². The summed E-state index contributed by atoms with van der Waals surface area (Å²) in [6.07, 6.45) is 0.816. The Hall–Kier alpha value is -1.42. The largest absolute Gasteiger partial charge is 0.497 e. The van der Waals surface area contributed by atoms with Gasteiger partial charge < -0.3 is 4.74 Å². The minimum Gasteiger partial charge on any atom is -0.497 e. The molecule has 0 aliphatic carbocycles. The highest BCUT2D eigenvalue weighted by Crippen LogP contribution is 2.24. The first kappa shape index (κ1) is 12.0. The predicted octanol–water partition coefficient (Wildman–Crippen LogP) is 3.48. The van der Waals surface area contributed by atoms with E-state index in [1.807, 2.05) is 37.3 Å². The lowest BCUT2D eigenvalue weighted by atomic mass is 10.1. The zero-order valence-corrected chi connectivity index (χ0v) is 11.4. The van der Waals surface area contributed by atoms with Gasteiger partial charge in [0.2, 0.25) is 0 Å². The van der Waals surface area contributed by atoms with Crippen molar-refractivity contribution >= 4 is 15.9 Å². The molecule has 4 heteroatoms. The average molecular weight is 293 g/mol. The van der Waals surface area contributed by atoms with Gasteiger partial charge in [-0.1, -0.05) is 19.1 Å². The van der Waals surface area contributed by atoms with Crippen LogP contribution in [0.3, 0.4) is 0 Å². The number of rotatable bonds is 3. The van der Waals surface area contributed by atoms with E-state index < -0.39 is 0 Å². The van der Waals surface area contributed by atoms with Gasteiger partial charge in [0.1, 0.15) is 16.2 Å². The third-order valence-corrected chi connectivity index (χ3v) is 2.83. The number of ether oxygens (including phenoxy) is 1. The zero-order valence-electron chi connectivity index (χ0n) is 9.77. The van der Waals surface area contributed by atoms with E-state index in [-0.39, 0.29) is 0 Å². The summed E-state index contributed by atoms with van der Waals surface area (Å²) >= 11 is 3.40. The molecule has 0 fully saturated rings. The van der Waals surface area contributed by atoms with E-state index in [1.54, 1.807) is 7.11 Å². The molecule has 0 bridgehead atoms. The molecule has 1 heterocycles. The van der Waals surface area contributed by atoms with Gasteiger partial charge in [-0.15, -0.1) is 0 Å². The van der Waals surface area contributed by atoms with Crippen LogP contribution in [-0.4, -0.2) is 17.1 Å². The lowest BCUT2D eigenvalue weighted by Gasteiger charge is -2.06. The Morgan fingerprint density at radius 1 is 1.24 bits per heavy atom. The summed E-state index contributed by atoms with van der Waals surface area (Å²) in [6, 6.07) is 9.76. The molecule has 0 radical (unpaired) electrons. The molecule has 0 unspecified atom stereocenters. The monoisotopic (exact) mass is 292 g/mol. The zero-order chi connectivity index (χ0) is 12.3. The topological polar surface area (TPSA) is 35.0 Å². The van der Waals surface area contributed by atoms with E-state index in [1.165, 1.54) is 0 Å². The van der Waals surface area contributed by atoms with Crippen LogP contribution in [0.25, 0.3) is 11.3 Å². The Kier molecular flexibility index (Phi) is 3.74. The predicted molar refractivity (Wildman–Crippen MR) is 71.1 cm³/mol. The number of methoxy groups -OCH3 is 1. The molecule has 2 rings (SSSR count). The minimum atomic E-state index is 0.808. The molecule has 1 aromatic heterocycles. The van der Waals surface area contributed by atoms with Crippen molar-refractivity contribution in [1.82, 2.24) is 9.97 Å². The Balaban J connectivity index is 2.47. The standard InChI is InChI=1S/C13H13BrN2O/c1-3-13-15-11(8-12(14)16-13)9-5-4-6-10(7-9)17-2/h4-8H,3H2,1-2H3. The summed E-state index contributed by atoms with van der Waals surface area (Å²) in [5.74, 6) is 1.66. The van der Waals surface area contributed by atoms with Crippen molar-refractivity contribution in [3.05, 3.63) is 40.8 Å². The van der Waals surface area contributed by atoms with E-state index >= 15 is 0 Å². The fourth-order valence-corrected chi connectivity index (χ4v) is 1.97. The number of aromatic nitrogens is 2. The first-order valence-electron chi connectivity index (χ1n) is 5.41. The first-order chi connectivity index (χ1) is 8.22. The van der Waals surface area contributed by atoms with Crippen molar-refractivity contribution in [3.63, 3.8) is 0 Å². The van der Waals surface area contributed by atoms with Crippen molar-refractivity contribution in [2.45, 2.75) is 13.3 Å². The van der Waals surface area contributed by atoms with E-state index in [9.17, 15) is 0 Å². The van der Waals surface area contributed by atoms with Crippen LogP contribution in [0.15, 0.2) is 34.9 Å². The molecule has 0 aliphatic rings. The number of hydrogen-bond acceptors (Lipinski definition) is 3. The number of halogens is 1. The van der Waals surface area contributed by atoms with E-state index in [4.69, 9.17) is 4.74 Å². The Labute approximate surface area is 109 Å². The van der Waals surface area contributed by atoms with Crippen molar-refractivity contribution in [2.75, 3.05) is 7.11 Å². The summed E-state index contributed by atoms with van der Waals surface area (Å²) in [5.41, 5.74) is 1.93. The third kappa shape index (κ3) is 2.82. The van der Waals surface area contributed by atoms with Gasteiger partial charge >= 0.3 is 0 Å². The maximum Gasteiger partial charge on any atom is 0.130 e. The van der Waals surface area contributed by atoms with Crippen LogP contribution in [0, 0.1) is 0 Å². The molecular formula is C13H13BrN2O. The molecular weight excluding hydrogens is 280 g/mol. The van der Waals surface area contributed by atoms with Crippen LogP contribution in [0.1, 0.15) is 12.7 Å². The van der Waals surface area contributed by atoms with Crippen molar-refractivity contribution in [3.8, 4) is 17.0 Å². The molecule has 3 nitrogen and oxygen atoms in total. The molecule has 0 aliphatic heterocycles. The lowest BCUT2D eigenvalue weighted by Crippen LogP contribution is -1.95. The lowest BCUT2D eigenvalue weighted by molar-refractivity contribution is 0.415. The minimum absolute atomic E-state index is 0.808. The van der Waals surface area contributed by atoms with Gasteiger partial charge in [-0.3, -0.25) is 0 Å². The highest BCUT2D eigenvalue weighted by Gasteiger charge is 2.05. The normalized spacial score (nSPS) is 10.3. The van der Waals surface area contributed by atoms with Crippen molar-refractivity contribution < 1.29 is 4.74 Å². The molecule has 0 N–H and O–H groups in total. The summed E-state index contributed by atoms with van der Waals surface area (Å²) in [4.78, 5) is 8.80. The second kappa shape index (κ2) is 5.27. The van der Waals surface area contributed by atoms with Gasteiger partial charge in [-0.25, -0.2) is 9.97 Å². The van der Waals surface area contributed by atoms with Crippen LogP contribution in [0.4, 0.5) is 0 Å². The average Bonchev–Trinajstić information content (AvgIpc) is 2.38. The molecule has 0 saturated carbocycles. The molecule has 0 amide bonds. The van der Waals surface area contributed by atoms with Crippen LogP contribution in [0.5, 0.6) is 5.75 Å². The quantitative estimate of drug-likeness (QED) is 0.813. The number of nitrogens with zero attached hydrogens (tertiary/aromatic N) is 2. The summed E-state index contributed by atoms with van der Waals surface area (Å²) in [6.45, 7) is 2.04. The second-order valence-electron chi connectivity index (χ2n) is 3.58. The molecule has 88 valence electrons. The Morgan fingerprint density at radius 2 is 2.06 bits per heavy atom. The molecule has 1 aromatic carbocycles. The first-order valence-corrected chi connectivity index (χ1v) is 6.20. The Morgan fingerprint density at radius 3 is 2.76 bits per heavy atom. The molecule has 0 atom stereocenters. The maximum absolute atomic E-state index is 5.21. The van der Waals surface area contributed by atoms with Crippen LogP contribution in [-0.2, 0) is 6.42 Å². The number of aryl methyl sites for hydroxylation is 1. The SMILES string of the molecule is CCc1nc(Br)cc(-c2cccc(OC)c2)n1.